The van der Waals surface area contributed by atoms with Gasteiger partial charge in [0.2, 0.25) is 5.91 Å². The van der Waals surface area contributed by atoms with Gasteiger partial charge in [-0.3, -0.25) is 4.79 Å². The Morgan fingerprint density at radius 2 is 2.08 bits per heavy atom. The van der Waals surface area contributed by atoms with Crippen LogP contribution in [0.1, 0.15) is 19.8 Å². The van der Waals surface area contributed by atoms with E-state index in [-0.39, 0.29) is 5.91 Å². The first-order valence-corrected chi connectivity index (χ1v) is 4.28. The molecule has 2 amide bonds. The number of hydrogen-bond donors (Lipinski definition) is 2. The lowest BCUT2D eigenvalue weighted by Crippen LogP contribution is -2.45. The summed E-state index contributed by atoms with van der Waals surface area (Å²) in [6.45, 7) is 1.62. The minimum atomic E-state index is -0.585. The molecule has 0 aromatic carbocycles. The molecular weight excluding hydrogens is 172 g/mol. The zero-order valence-corrected chi connectivity index (χ0v) is 7.79. The van der Waals surface area contributed by atoms with E-state index in [0.29, 0.717) is 6.04 Å². The van der Waals surface area contributed by atoms with Crippen LogP contribution in [-0.4, -0.2) is 31.2 Å². The largest absolute Gasteiger partial charge is 0.453 e. The molecule has 1 fully saturated rings. The minimum absolute atomic E-state index is 0.159. The number of carbonyl (C=O) groups is 2. The van der Waals surface area contributed by atoms with E-state index in [2.05, 4.69) is 15.4 Å². The molecule has 5 heteroatoms. The van der Waals surface area contributed by atoms with Gasteiger partial charge in [-0.1, -0.05) is 0 Å². The van der Waals surface area contributed by atoms with Crippen molar-refractivity contribution >= 4 is 12.0 Å². The fraction of sp³-hybridized carbons (Fsp3) is 0.750. The van der Waals surface area contributed by atoms with Gasteiger partial charge in [-0.05, 0) is 19.8 Å². The molecule has 74 valence electrons. The first kappa shape index (κ1) is 9.83. The highest BCUT2D eigenvalue weighted by molar-refractivity contribution is 5.85. The molecule has 0 heterocycles. The summed E-state index contributed by atoms with van der Waals surface area (Å²) in [5.41, 5.74) is 0. The second-order valence-electron chi connectivity index (χ2n) is 3.14. The number of rotatable bonds is 3. The van der Waals surface area contributed by atoms with E-state index in [1.807, 2.05) is 0 Å². The molecule has 2 N–H and O–H groups in total. The summed E-state index contributed by atoms with van der Waals surface area (Å²) in [7, 11) is 1.26. The Labute approximate surface area is 76.8 Å². The molecule has 5 nitrogen and oxygen atoms in total. The molecule has 0 spiro atoms. The van der Waals surface area contributed by atoms with Crippen molar-refractivity contribution in [3.63, 3.8) is 0 Å². The van der Waals surface area contributed by atoms with E-state index in [0.717, 1.165) is 12.8 Å². The van der Waals surface area contributed by atoms with Gasteiger partial charge in [0.15, 0.2) is 0 Å². The molecule has 0 radical (unpaired) electrons. The molecule has 1 saturated carbocycles. The lowest BCUT2D eigenvalue weighted by atomic mass is 10.3. The van der Waals surface area contributed by atoms with Gasteiger partial charge in [0.05, 0.1) is 7.11 Å². The van der Waals surface area contributed by atoms with E-state index in [4.69, 9.17) is 0 Å². The van der Waals surface area contributed by atoms with Gasteiger partial charge in [-0.15, -0.1) is 0 Å². The lowest BCUT2D eigenvalue weighted by molar-refractivity contribution is -0.122. The number of hydrogen-bond acceptors (Lipinski definition) is 3. The van der Waals surface area contributed by atoms with Crippen LogP contribution in [0.25, 0.3) is 0 Å². The summed E-state index contributed by atoms with van der Waals surface area (Å²) in [6, 6.07) is -0.220. The SMILES string of the molecule is COC(=O)NC(C)C(=O)NC1CC1. The van der Waals surface area contributed by atoms with Gasteiger partial charge in [-0.2, -0.15) is 0 Å². The van der Waals surface area contributed by atoms with Gasteiger partial charge in [0.25, 0.3) is 0 Å². The van der Waals surface area contributed by atoms with Crippen LogP contribution in [0, 0.1) is 0 Å². The fourth-order valence-corrected chi connectivity index (χ4v) is 0.855. The molecule has 0 aromatic rings. The topological polar surface area (TPSA) is 67.4 Å². The maximum absolute atomic E-state index is 11.3. The Balaban J connectivity index is 2.23. The standard InChI is InChI=1S/C8H14N2O3/c1-5(9-8(12)13-2)7(11)10-6-3-4-6/h5-6H,3-4H2,1-2H3,(H,9,12)(H,10,11). The van der Waals surface area contributed by atoms with Gasteiger partial charge < -0.3 is 15.4 Å². The van der Waals surface area contributed by atoms with Crippen LogP contribution in [0.4, 0.5) is 4.79 Å². The second-order valence-corrected chi connectivity index (χ2v) is 3.14. The third-order valence-corrected chi connectivity index (χ3v) is 1.84. The van der Waals surface area contributed by atoms with Gasteiger partial charge >= 0.3 is 6.09 Å². The van der Waals surface area contributed by atoms with Crippen LogP contribution in [0.5, 0.6) is 0 Å². The predicted molar refractivity (Wildman–Crippen MR) is 46.2 cm³/mol. The summed E-state index contributed by atoms with van der Waals surface area (Å²) in [4.78, 5) is 22.0. The number of carbonyl (C=O) groups excluding carboxylic acids is 2. The van der Waals surface area contributed by atoms with Crippen LogP contribution >= 0.6 is 0 Å². The van der Waals surface area contributed by atoms with Crippen molar-refractivity contribution in [1.82, 2.24) is 10.6 Å². The zero-order valence-electron chi connectivity index (χ0n) is 7.79. The van der Waals surface area contributed by atoms with Gasteiger partial charge in [0.1, 0.15) is 6.04 Å². The highest BCUT2D eigenvalue weighted by Gasteiger charge is 2.26. The van der Waals surface area contributed by atoms with Gasteiger partial charge in [-0.25, -0.2) is 4.79 Å². The number of nitrogens with one attached hydrogen (secondary N) is 2. The summed E-state index contributed by atoms with van der Waals surface area (Å²) < 4.78 is 4.36. The molecule has 1 rings (SSSR count). The quantitative estimate of drug-likeness (QED) is 0.652. The average molecular weight is 186 g/mol. The molecule has 0 aromatic heterocycles. The van der Waals surface area contributed by atoms with Crippen molar-refractivity contribution in [3.8, 4) is 0 Å². The van der Waals surface area contributed by atoms with Crippen molar-refractivity contribution in [3.05, 3.63) is 0 Å². The maximum Gasteiger partial charge on any atom is 0.407 e. The highest BCUT2D eigenvalue weighted by atomic mass is 16.5. The van der Waals surface area contributed by atoms with E-state index in [9.17, 15) is 9.59 Å². The summed E-state index contributed by atoms with van der Waals surface area (Å²) in [5.74, 6) is -0.159. The number of amides is 2. The number of methoxy groups -OCH3 is 1. The zero-order chi connectivity index (χ0) is 9.84. The molecule has 1 aliphatic carbocycles. The first-order chi connectivity index (χ1) is 6.13. The smallest absolute Gasteiger partial charge is 0.407 e. The molecule has 0 bridgehead atoms. The summed E-state index contributed by atoms with van der Waals surface area (Å²) in [6.07, 6.45) is 1.49. The van der Waals surface area contributed by atoms with Crippen molar-refractivity contribution in [2.75, 3.05) is 7.11 Å². The van der Waals surface area contributed by atoms with Crippen LogP contribution < -0.4 is 10.6 Å². The Bertz CT molecular complexity index is 213. The Hall–Kier alpha value is -1.26. The van der Waals surface area contributed by atoms with Crippen LogP contribution in [0.15, 0.2) is 0 Å². The molecule has 1 unspecified atom stereocenters. The average Bonchev–Trinajstić information content (AvgIpc) is 2.87. The number of alkyl carbamates (subject to hydrolysis) is 1. The monoisotopic (exact) mass is 186 g/mol. The molecule has 1 atom stereocenters. The third kappa shape index (κ3) is 3.31. The van der Waals surface area contributed by atoms with E-state index in [1.165, 1.54) is 7.11 Å². The molecule has 13 heavy (non-hydrogen) atoms. The second kappa shape index (κ2) is 4.11. The Morgan fingerprint density at radius 1 is 1.46 bits per heavy atom. The van der Waals surface area contributed by atoms with Gasteiger partial charge in [0, 0.05) is 6.04 Å². The van der Waals surface area contributed by atoms with Crippen LogP contribution in [0.2, 0.25) is 0 Å². The predicted octanol–water partition coefficient (Wildman–Crippen LogP) is 0.00950. The van der Waals surface area contributed by atoms with E-state index < -0.39 is 12.1 Å². The Morgan fingerprint density at radius 3 is 2.54 bits per heavy atom. The highest BCUT2D eigenvalue weighted by Crippen LogP contribution is 2.18. The van der Waals surface area contributed by atoms with Crippen molar-refractivity contribution < 1.29 is 14.3 Å². The molecule has 0 aliphatic heterocycles. The van der Waals surface area contributed by atoms with Crippen molar-refractivity contribution in [2.24, 2.45) is 0 Å². The summed E-state index contributed by atoms with van der Waals surface area (Å²) >= 11 is 0. The molecular formula is C8H14N2O3. The van der Waals surface area contributed by atoms with Crippen molar-refractivity contribution in [2.45, 2.75) is 31.8 Å². The van der Waals surface area contributed by atoms with Crippen LogP contribution in [-0.2, 0) is 9.53 Å². The molecule has 1 aliphatic rings. The Kier molecular flexibility index (Phi) is 3.11. The molecule has 0 saturated heterocycles. The first-order valence-electron chi connectivity index (χ1n) is 4.28. The minimum Gasteiger partial charge on any atom is -0.453 e. The van der Waals surface area contributed by atoms with Crippen molar-refractivity contribution in [1.29, 1.82) is 0 Å². The maximum atomic E-state index is 11.3. The fourth-order valence-electron chi connectivity index (χ4n) is 0.855. The third-order valence-electron chi connectivity index (χ3n) is 1.84. The van der Waals surface area contributed by atoms with Crippen LogP contribution in [0.3, 0.4) is 0 Å². The number of ether oxygens (including phenoxy) is 1. The van der Waals surface area contributed by atoms with E-state index >= 15 is 0 Å². The van der Waals surface area contributed by atoms with E-state index in [1.54, 1.807) is 6.92 Å². The summed E-state index contributed by atoms with van der Waals surface area (Å²) in [5, 5.41) is 5.16. The lowest BCUT2D eigenvalue weighted by Gasteiger charge is -2.12. The normalized spacial score (nSPS) is 17.4.